The van der Waals surface area contributed by atoms with Gasteiger partial charge >= 0.3 is 0 Å². The summed E-state index contributed by atoms with van der Waals surface area (Å²) in [5, 5.41) is 5.52. The standard InChI is InChI=1S/C16H19N3O2S/c1-21-13-6-4-12(5-7-13)14-11-22-16(17-14)18-15(20)10-19-8-2-3-9-19/h4-7,11H,2-3,8-10H2,1H3,(H,17,18,20)/p+1. The van der Waals surface area contributed by atoms with E-state index >= 15 is 0 Å². The number of nitrogens with one attached hydrogen (secondary N) is 2. The molecule has 6 heteroatoms. The molecule has 1 aromatic heterocycles. The van der Waals surface area contributed by atoms with Crippen molar-refractivity contribution in [3.63, 3.8) is 0 Å². The molecular weight excluding hydrogens is 298 g/mol. The first-order valence-corrected chi connectivity index (χ1v) is 8.36. The molecule has 2 aromatic rings. The molecule has 1 fully saturated rings. The zero-order valence-electron chi connectivity index (χ0n) is 12.6. The van der Waals surface area contributed by atoms with E-state index in [1.54, 1.807) is 7.11 Å². The Balaban J connectivity index is 1.61. The van der Waals surface area contributed by atoms with Crippen molar-refractivity contribution < 1.29 is 14.4 Å². The summed E-state index contributed by atoms with van der Waals surface area (Å²) in [5.41, 5.74) is 1.89. The van der Waals surface area contributed by atoms with E-state index in [1.807, 2.05) is 29.6 Å². The van der Waals surface area contributed by atoms with Crippen LogP contribution in [-0.4, -0.2) is 37.6 Å². The lowest BCUT2D eigenvalue weighted by Gasteiger charge is -2.10. The van der Waals surface area contributed by atoms with Crippen molar-refractivity contribution in [2.75, 3.05) is 32.1 Å². The lowest BCUT2D eigenvalue weighted by atomic mass is 10.2. The van der Waals surface area contributed by atoms with Crippen LogP contribution >= 0.6 is 11.3 Å². The number of carbonyl (C=O) groups excluding carboxylic acids is 1. The smallest absolute Gasteiger partial charge is 0.281 e. The number of aromatic nitrogens is 1. The average Bonchev–Trinajstić information content (AvgIpc) is 3.19. The van der Waals surface area contributed by atoms with E-state index in [0.29, 0.717) is 11.7 Å². The summed E-state index contributed by atoms with van der Waals surface area (Å²) in [6.07, 6.45) is 2.45. The Morgan fingerprint density at radius 3 is 2.73 bits per heavy atom. The van der Waals surface area contributed by atoms with Gasteiger partial charge in [0, 0.05) is 23.8 Å². The first-order chi connectivity index (χ1) is 10.7. The fourth-order valence-corrected chi connectivity index (χ4v) is 3.40. The third-order valence-electron chi connectivity index (χ3n) is 3.86. The van der Waals surface area contributed by atoms with Crippen molar-refractivity contribution in [3.05, 3.63) is 29.6 Å². The van der Waals surface area contributed by atoms with Crippen LogP contribution in [-0.2, 0) is 4.79 Å². The Labute approximate surface area is 133 Å². The van der Waals surface area contributed by atoms with Crippen molar-refractivity contribution in [2.24, 2.45) is 0 Å². The molecule has 2 N–H and O–H groups in total. The fourth-order valence-electron chi connectivity index (χ4n) is 2.67. The average molecular weight is 318 g/mol. The number of nitrogens with zero attached hydrogens (tertiary/aromatic N) is 1. The van der Waals surface area contributed by atoms with Crippen LogP contribution in [0.1, 0.15) is 12.8 Å². The van der Waals surface area contributed by atoms with Gasteiger partial charge in [-0.05, 0) is 24.3 Å². The van der Waals surface area contributed by atoms with Gasteiger partial charge in [0.1, 0.15) is 5.75 Å². The molecule has 0 unspecified atom stereocenters. The number of thiazole rings is 1. The van der Waals surface area contributed by atoms with E-state index in [0.717, 1.165) is 30.1 Å². The molecule has 1 aliphatic heterocycles. The number of carbonyl (C=O) groups is 1. The monoisotopic (exact) mass is 318 g/mol. The Hall–Kier alpha value is -1.92. The molecule has 0 saturated carbocycles. The molecule has 0 bridgehead atoms. The van der Waals surface area contributed by atoms with Gasteiger partial charge in [0.05, 0.1) is 25.9 Å². The lowest BCUT2D eigenvalue weighted by Crippen LogP contribution is -3.11. The second kappa shape index (κ2) is 6.89. The van der Waals surface area contributed by atoms with Gasteiger partial charge < -0.3 is 9.64 Å². The molecule has 3 rings (SSSR count). The molecule has 1 amide bonds. The highest BCUT2D eigenvalue weighted by atomic mass is 32.1. The summed E-state index contributed by atoms with van der Waals surface area (Å²) < 4.78 is 5.15. The zero-order chi connectivity index (χ0) is 15.4. The topological polar surface area (TPSA) is 55.7 Å². The fraction of sp³-hybridized carbons (Fsp3) is 0.375. The highest BCUT2D eigenvalue weighted by Gasteiger charge is 2.19. The highest BCUT2D eigenvalue weighted by molar-refractivity contribution is 7.14. The number of anilines is 1. The summed E-state index contributed by atoms with van der Waals surface area (Å²) in [6, 6.07) is 7.75. The van der Waals surface area contributed by atoms with Gasteiger partial charge in [0.2, 0.25) is 0 Å². The molecule has 0 aliphatic carbocycles. The first kappa shape index (κ1) is 15.0. The number of benzene rings is 1. The SMILES string of the molecule is COc1ccc(-c2csc(NC(=O)C[NH+]3CCCC3)n2)cc1. The van der Waals surface area contributed by atoms with E-state index < -0.39 is 0 Å². The predicted molar refractivity (Wildman–Crippen MR) is 87.5 cm³/mol. The number of ether oxygens (including phenoxy) is 1. The van der Waals surface area contributed by atoms with Crippen LogP contribution in [0, 0.1) is 0 Å². The number of amides is 1. The second-order valence-electron chi connectivity index (χ2n) is 5.45. The molecule has 5 nitrogen and oxygen atoms in total. The molecule has 0 radical (unpaired) electrons. The molecule has 116 valence electrons. The Kier molecular flexibility index (Phi) is 4.70. The van der Waals surface area contributed by atoms with Crippen molar-refractivity contribution >= 4 is 22.4 Å². The van der Waals surface area contributed by atoms with Gasteiger partial charge in [-0.3, -0.25) is 10.1 Å². The van der Waals surface area contributed by atoms with Crippen LogP contribution in [0.3, 0.4) is 0 Å². The van der Waals surface area contributed by atoms with E-state index in [1.165, 1.54) is 29.1 Å². The number of likely N-dealkylation sites (tertiary alicyclic amines) is 1. The minimum absolute atomic E-state index is 0.0486. The normalized spacial score (nSPS) is 15.0. The largest absolute Gasteiger partial charge is 0.497 e. The summed E-state index contributed by atoms with van der Waals surface area (Å²) in [4.78, 5) is 17.9. The first-order valence-electron chi connectivity index (χ1n) is 7.48. The molecule has 2 heterocycles. The van der Waals surface area contributed by atoms with E-state index in [-0.39, 0.29) is 5.91 Å². The van der Waals surface area contributed by atoms with Crippen molar-refractivity contribution in [1.82, 2.24) is 4.98 Å². The van der Waals surface area contributed by atoms with Crippen LogP contribution in [0.15, 0.2) is 29.6 Å². The molecule has 0 spiro atoms. The molecule has 22 heavy (non-hydrogen) atoms. The summed E-state index contributed by atoms with van der Waals surface area (Å²) >= 11 is 1.46. The molecule has 1 aliphatic rings. The molecular formula is C16H20N3O2S+. The summed E-state index contributed by atoms with van der Waals surface area (Å²) in [7, 11) is 1.65. The van der Waals surface area contributed by atoms with Gasteiger partial charge in [-0.15, -0.1) is 11.3 Å². The Morgan fingerprint density at radius 1 is 1.32 bits per heavy atom. The van der Waals surface area contributed by atoms with Gasteiger partial charge in [0.15, 0.2) is 11.7 Å². The van der Waals surface area contributed by atoms with Gasteiger partial charge in [-0.25, -0.2) is 4.98 Å². The maximum absolute atomic E-state index is 12.0. The number of hydrogen-bond acceptors (Lipinski definition) is 4. The number of quaternary nitrogens is 1. The van der Waals surface area contributed by atoms with Gasteiger partial charge in [-0.1, -0.05) is 0 Å². The van der Waals surface area contributed by atoms with Crippen LogP contribution < -0.4 is 15.0 Å². The van der Waals surface area contributed by atoms with Crippen molar-refractivity contribution in [3.8, 4) is 17.0 Å². The van der Waals surface area contributed by atoms with E-state index in [4.69, 9.17) is 4.74 Å². The highest BCUT2D eigenvalue weighted by Crippen LogP contribution is 2.26. The van der Waals surface area contributed by atoms with Gasteiger partial charge in [0.25, 0.3) is 5.91 Å². The van der Waals surface area contributed by atoms with E-state index in [2.05, 4.69) is 10.3 Å². The van der Waals surface area contributed by atoms with Crippen LogP contribution in [0.2, 0.25) is 0 Å². The Morgan fingerprint density at radius 2 is 2.05 bits per heavy atom. The summed E-state index contributed by atoms with van der Waals surface area (Å²) in [6.45, 7) is 2.74. The maximum Gasteiger partial charge on any atom is 0.281 e. The maximum atomic E-state index is 12.0. The third-order valence-corrected chi connectivity index (χ3v) is 4.62. The third kappa shape index (κ3) is 3.64. The Bertz CT molecular complexity index is 633. The zero-order valence-corrected chi connectivity index (χ0v) is 13.4. The summed E-state index contributed by atoms with van der Waals surface area (Å²) in [5.74, 6) is 0.869. The quantitative estimate of drug-likeness (QED) is 0.877. The molecule has 1 aromatic carbocycles. The van der Waals surface area contributed by atoms with Crippen LogP contribution in [0.4, 0.5) is 5.13 Å². The minimum atomic E-state index is 0.0486. The van der Waals surface area contributed by atoms with Crippen LogP contribution in [0.5, 0.6) is 5.75 Å². The number of hydrogen-bond donors (Lipinski definition) is 2. The number of rotatable bonds is 5. The van der Waals surface area contributed by atoms with Crippen molar-refractivity contribution in [2.45, 2.75) is 12.8 Å². The van der Waals surface area contributed by atoms with Crippen molar-refractivity contribution in [1.29, 1.82) is 0 Å². The number of methoxy groups -OCH3 is 1. The molecule has 1 saturated heterocycles. The van der Waals surface area contributed by atoms with Crippen LogP contribution in [0.25, 0.3) is 11.3 Å². The second-order valence-corrected chi connectivity index (χ2v) is 6.31. The molecule has 0 atom stereocenters. The predicted octanol–water partition coefficient (Wildman–Crippen LogP) is 1.44. The lowest BCUT2D eigenvalue weighted by molar-refractivity contribution is -0.878. The van der Waals surface area contributed by atoms with Gasteiger partial charge in [-0.2, -0.15) is 0 Å². The minimum Gasteiger partial charge on any atom is -0.497 e. The van der Waals surface area contributed by atoms with E-state index in [9.17, 15) is 4.79 Å².